The molecule has 0 saturated heterocycles. The number of halogens is 7. The summed E-state index contributed by atoms with van der Waals surface area (Å²) >= 11 is 0.844. The van der Waals surface area contributed by atoms with Crippen LogP contribution in [0.25, 0.3) is 21.5 Å². The van der Waals surface area contributed by atoms with Crippen LogP contribution in [-0.4, -0.2) is 48.4 Å². The van der Waals surface area contributed by atoms with Crippen molar-refractivity contribution in [3.8, 4) is 22.8 Å². The van der Waals surface area contributed by atoms with Gasteiger partial charge in [-0.15, -0.1) is 29.0 Å². The van der Waals surface area contributed by atoms with Gasteiger partial charge in [-0.25, -0.2) is 26.9 Å². The Labute approximate surface area is 263 Å². The van der Waals surface area contributed by atoms with Crippen LogP contribution in [0.5, 0.6) is 11.5 Å². The largest absolute Gasteiger partial charge is 0.507 e. The number of aliphatic hydroxyl groups is 1. The van der Waals surface area contributed by atoms with E-state index in [-0.39, 0.29) is 65.6 Å². The molecular weight excluding hydrogens is 772 g/mol. The van der Waals surface area contributed by atoms with Gasteiger partial charge in [0.2, 0.25) is 0 Å². The van der Waals surface area contributed by atoms with Gasteiger partial charge in [-0.1, -0.05) is 5.60 Å². The van der Waals surface area contributed by atoms with Crippen molar-refractivity contribution < 1.29 is 76.0 Å². The molecule has 6 nitrogen and oxygen atoms in total. The maximum atomic E-state index is 13.6. The average Bonchev–Trinajstić information content (AvgIpc) is 3.59. The molecule has 3 heterocycles. The summed E-state index contributed by atoms with van der Waals surface area (Å²) < 4.78 is 102. The molecule has 0 unspecified atom stereocenters. The number of methoxy groups -OCH3 is 1. The molecular formula is C28H20F7HfN2O4S-3. The quantitative estimate of drug-likeness (QED) is 0.123. The van der Waals surface area contributed by atoms with Crippen molar-refractivity contribution in [2.45, 2.75) is 17.4 Å². The van der Waals surface area contributed by atoms with Gasteiger partial charge in [0.15, 0.2) is 5.01 Å². The second kappa shape index (κ2) is 13.8. The second-order valence-electron chi connectivity index (χ2n) is 9.18. The zero-order valence-electron chi connectivity index (χ0n) is 22.1. The first-order valence-corrected chi connectivity index (χ1v) is 12.7. The minimum Gasteiger partial charge on any atom is -0.507 e. The van der Waals surface area contributed by atoms with Crippen molar-refractivity contribution >= 4 is 27.8 Å². The van der Waals surface area contributed by atoms with E-state index in [1.807, 2.05) is 0 Å². The van der Waals surface area contributed by atoms with Crippen LogP contribution in [0.4, 0.5) is 30.7 Å². The smallest absolute Gasteiger partial charge is 0.289 e. The number of carbonyl (C=O) groups excluding carboxylic acids is 1. The average molecular weight is 792 g/mol. The normalized spacial score (nSPS) is 14.8. The molecule has 1 N–H and O–H groups in total. The van der Waals surface area contributed by atoms with E-state index in [1.54, 1.807) is 6.29 Å². The van der Waals surface area contributed by atoms with Crippen LogP contribution in [0.15, 0.2) is 42.5 Å². The van der Waals surface area contributed by atoms with Crippen LogP contribution in [0.3, 0.4) is 0 Å². The fourth-order valence-corrected chi connectivity index (χ4v) is 4.93. The number of hydrogen-bond acceptors (Lipinski definition) is 7. The number of rotatable bonds is 8. The molecule has 1 aliphatic heterocycles. The van der Waals surface area contributed by atoms with Crippen LogP contribution in [-0.2, 0) is 41.7 Å². The first-order chi connectivity index (χ1) is 19.9. The van der Waals surface area contributed by atoms with Gasteiger partial charge in [-0.2, -0.15) is 0 Å². The van der Waals surface area contributed by atoms with Crippen LogP contribution in [0.2, 0.25) is 0 Å². The Bertz CT molecular complexity index is 1580. The molecule has 228 valence electrons. The summed E-state index contributed by atoms with van der Waals surface area (Å²) in [5.41, 5.74) is -4.44. The molecule has 1 aliphatic rings. The van der Waals surface area contributed by atoms with Crippen LogP contribution < -0.4 is 9.47 Å². The summed E-state index contributed by atoms with van der Waals surface area (Å²) in [4.78, 5) is 18.3. The van der Waals surface area contributed by atoms with Crippen molar-refractivity contribution in [1.29, 1.82) is 0 Å². The van der Waals surface area contributed by atoms with Crippen molar-refractivity contribution in [3.63, 3.8) is 0 Å². The fraction of sp³-hybridized carbons (Fsp3) is 0.250. The number of aromatic nitrogens is 2. The molecule has 4 aromatic rings. The first kappa shape index (κ1) is 34.6. The number of thiazole rings is 1. The second-order valence-corrected chi connectivity index (χ2v) is 10.2. The molecule has 0 spiro atoms. The maximum absolute atomic E-state index is 13.6. The van der Waals surface area contributed by atoms with E-state index < -0.39 is 48.7 Å². The topological polar surface area (TPSA) is 81.5 Å². The van der Waals surface area contributed by atoms with Crippen LogP contribution in [0, 0.1) is 19.2 Å². The van der Waals surface area contributed by atoms with E-state index >= 15 is 0 Å². The third kappa shape index (κ3) is 6.78. The Balaban J connectivity index is 0.000000256. The SMILES string of the molecule is COc1cc([C-]=O)cc2sc(C(F)F)nc12.[CH2-][C@](O)(c1cc2c(c(-c3ccc(F)cc3)n1)OCC2(CF)CF)[C-](F)F.[Hf]. The molecule has 43 heavy (non-hydrogen) atoms. The number of benzene rings is 2. The predicted octanol–water partition coefficient (Wildman–Crippen LogP) is 6.60. The standard InChI is InChI=1S/C18H14F5NO2.C10H6F2NO2S.Hf/c1-17(25,16(22)23)13-6-12-15(26-9-18(12,7-19)8-20)14(24-13)10-2-4-11(21)5-3-10;1-15-6-2-5(4-14)3-7-8(6)13-10(16-7)9(11)12;/h2-6,25H,1,7-9H2;2-3,9H,1H3;/q-2;-1;/t17-;;/m0../s1. The number of nitrogens with zero attached hydrogens (tertiary/aromatic N) is 2. The fourth-order valence-electron chi connectivity index (χ4n) is 4.05. The summed E-state index contributed by atoms with van der Waals surface area (Å²) in [6.45, 7) is 0.399. The Morgan fingerprint density at radius 1 is 1.19 bits per heavy atom. The first-order valence-electron chi connectivity index (χ1n) is 11.9. The molecule has 0 saturated carbocycles. The number of hydrogen-bond donors (Lipinski definition) is 1. The van der Waals surface area contributed by atoms with Gasteiger partial charge in [-0.05, 0) is 30.3 Å². The van der Waals surface area contributed by atoms with Gasteiger partial charge < -0.3 is 35.1 Å². The minimum atomic E-state index is -2.97. The molecule has 2 aromatic heterocycles. The zero-order valence-corrected chi connectivity index (χ0v) is 26.5. The number of fused-ring (bicyclic) bond motifs is 2. The van der Waals surface area contributed by atoms with E-state index in [0.29, 0.717) is 16.0 Å². The Kier molecular flexibility index (Phi) is 11.1. The summed E-state index contributed by atoms with van der Waals surface area (Å²) in [6.07, 6.45) is -3.36. The number of alkyl halides is 4. The molecule has 0 bridgehead atoms. The third-order valence-electron chi connectivity index (χ3n) is 6.40. The van der Waals surface area contributed by atoms with Gasteiger partial charge in [0.1, 0.15) is 37.2 Å². The Hall–Kier alpha value is -2.91. The van der Waals surface area contributed by atoms with Gasteiger partial charge in [0.05, 0.1) is 30.1 Å². The zero-order chi connectivity index (χ0) is 30.8. The molecule has 0 amide bonds. The molecule has 1 atom stereocenters. The number of ether oxygens (including phenoxy) is 2. The molecule has 15 heteroatoms. The van der Waals surface area contributed by atoms with E-state index in [2.05, 4.69) is 16.9 Å². The minimum absolute atomic E-state index is 0. The summed E-state index contributed by atoms with van der Waals surface area (Å²) in [6, 6.07) is 8.71. The Morgan fingerprint density at radius 3 is 2.37 bits per heavy atom. The van der Waals surface area contributed by atoms with E-state index in [0.717, 1.165) is 29.5 Å². The van der Waals surface area contributed by atoms with E-state index in [4.69, 9.17) is 9.47 Å². The molecule has 2 aromatic carbocycles. The van der Waals surface area contributed by atoms with Crippen molar-refractivity contribution in [3.05, 3.63) is 83.5 Å². The van der Waals surface area contributed by atoms with Crippen molar-refractivity contribution in [1.82, 2.24) is 9.97 Å². The third-order valence-corrected chi connectivity index (χ3v) is 7.41. The van der Waals surface area contributed by atoms with Crippen LogP contribution in [0.1, 0.15) is 28.3 Å². The van der Waals surface area contributed by atoms with Gasteiger partial charge >= 0.3 is 0 Å². The molecule has 0 aliphatic carbocycles. The van der Waals surface area contributed by atoms with E-state index in [9.17, 15) is 40.6 Å². The predicted molar refractivity (Wildman–Crippen MR) is 139 cm³/mol. The molecule has 0 fully saturated rings. The van der Waals surface area contributed by atoms with E-state index in [1.165, 1.54) is 31.4 Å². The molecule has 5 rings (SSSR count). The Morgan fingerprint density at radius 2 is 1.84 bits per heavy atom. The number of pyridine rings is 1. The molecule has 0 radical (unpaired) electrons. The van der Waals surface area contributed by atoms with Crippen molar-refractivity contribution in [2.24, 2.45) is 0 Å². The summed E-state index contributed by atoms with van der Waals surface area (Å²) in [7, 11) is 1.39. The maximum Gasteiger partial charge on any atom is 0.289 e. The van der Waals surface area contributed by atoms with Crippen LogP contribution >= 0.6 is 11.3 Å². The van der Waals surface area contributed by atoms with Gasteiger partial charge in [0.25, 0.3) is 6.43 Å². The van der Waals surface area contributed by atoms with Gasteiger partial charge in [0, 0.05) is 53.8 Å². The summed E-state index contributed by atoms with van der Waals surface area (Å²) in [5, 5.41) is 9.70. The van der Waals surface area contributed by atoms with Crippen molar-refractivity contribution in [2.75, 3.05) is 27.1 Å². The summed E-state index contributed by atoms with van der Waals surface area (Å²) in [5.74, 6) is -0.231. The van der Waals surface area contributed by atoms with Gasteiger partial charge in [-0.3, -0.25) is 4.98 Å². The monoisotopic (exact) mass is 793 g/mol.